The third-order valence-corrected chi connectivity index (χ3v) is 7.49. The van der Waals surface area contributed by atoms with Crippen LogP contribution in [-0.2, 0) is 0 Å². The smallest absolute Gasteiger partial charge is 0.324 e. The molecule has 210 valence electrons. The van der Waals surface area contributed by atoms with Crippen LogP contribution < -0.4 is 4.74 Å². The van der Waals surface area contributed by atoms with Crippen LogP contribution in [0, 0.1) is 6.92 Å². The summed E-state index contributed by atoms with van der Waals surface area (Å²) in [5.74, 6) is 1.11. The van der Waals surface area contributed by atoms with Gasteiger partial charge >= 0.3 is 6.01 Å². The van der Waals surface area contributed by atoms with Crippen LogP contribution in [0.15, 0.2) is 123 Å². The number of azo groups is 1. The van der Waals surface area contributed by atoms with Crippen LogP contribution >= 0.6 is 11.6 Å². The van der Waals surface area contributed by atoms with Gasteiger partial charge in [-0.05, 0) is 61.0 Å². The summed E-state index contributed by atoms with van der Waals surface area (Å²) in [5.41, 5.74) is 7.78. The fraction of sp³-hybridized carbons (Fsp3) is 0.0588. The lowest BCUT2D eigenvalue weighted by Gasteiger charge is -2.03. The van der Waals surface area contributed by atoms with Crippen LogP contribution in [0.25, 0.3) is 44.3 Å². The van der Waals surface area contributed by atoms with Crippen LogP contribution in [0.5, 0.6) is 5.75 Å². The number of hydrogen-bond acceptors (Lipinski definition) is 5. The number of para-hydroxylation sites is 2. The lowest BCUT2D eigenvalue weighted by Crippen LogP contribution is -1.98. The summed E-state index contributed by atoms with van der Waals surface area (Å²) in [5, 5.41) is 11.7. The Morgan fingerprint density at radius 3 is 2.28 bits per heavy atom. The van der Waals surface area contributed by atoms with Crippen molar-refractivity contribution in [1.29, 1.82) is 0 Å². The summed E-state index contributed by atoms with van der Waals surface area (Å²) in [6.07, 6.45) is 1.62. The average molecular weight is 585 g/mol. The van der Waals surface area contributed by atoms with Crippen molar-refractivity contribution in [2.24, 2.45) is 15.2 Å². The molecule has 7 rings (SSSR count). The van der Waals surface area contributed by atoms with Crippen molar-refractivity contribution in [1.82, 2.24) is 15.0 Å². The van der Waals surface area contributed by atoms with Gasteiger partial charge in [0.05, 0.1) is 18.5 Å². The minimum Gasteiger partial charge on any atom is -0.497 e. The first kappa shape index (κ1) is 26.4. The number of rotatable bonds is 6. The van der Waals surface area contributed by atoms with Gasteiger partial charge in [-0.1, -0.05) is 60.1 Å². The highest BCUT2D eigenvalue weighted by Gasteiger charge is 2.20. The number of methoxy groups -OCH3 is 1. The van der Waals surface area contributed by atoms with Crippen molar-refractivity contribution < 1.29 is 9.15 Å². The van der Waals surface area contributed by atoms with Gasteiger partial charge in [0.2, 0.25) is 0 Å². The van der Waals surface area contributed by atoms with Crippen molar-refractivity contribution >= 4 is 50.9 Å². The first-order chi connectivity index (χ1) is 21.1. The highest BCUT2D eigenvalue weighted by atomic mass is 35.5. The maximum Gasteiger partial charge on any atom is 0.324 e. The van der Waals surface area contributed by atoms with Gasteiger partial charge in [-0.15, -0.1) is 10.2 Å². The molecule has 3 heterocycles. The highest BCUT2D eigenvalue weighted by Crippen LogP contribution is 2.39. The van der Waals surface area contributed by atoms with Gasteiger partial charge in [0.1, 0.15) is 17.7 Å². The predicted octanol–water partition coefficient (Wildman–Crippen LogP) is 9.80. The SMILES string of the molecule is COc1ccc(N=NC(=Nc2nc(-c3c(-c4ccc(Cl)cc4)[nH]c4ccccc34)co2)c2c(C)[nH]c3ccccc23)cc1. The summed E-state index contributed by atoms with van der Waals surface area (Å²) in [6.45, 7) is 1.99. The molecule has 3 aromatic heterocycles. The summed E-state index contributed by atoms with van der Waals surface area (Å²) < 4.78 is 11.2. The van der Waals surface area contributed by atoms with E-state index < -0.39 is 0 Å². The van der Waals surface area contributed by atoms with Crippen molar-refractivity contribution in [3.8, 4) is 28.3 Å². The van der Waals surface area contributed by atoms with Crippen molar-refractivity contribution in [3.05, 3.63) is 120 Å². The number of oxazole rings is 1. The van der Waals surface area contributed by atoms with Gasteiger partial charge in [0.25, 0.3) is 0 Å². The number of H-pyrrole nitrogens is 2. The van der Waals surface area contributed by atoms with Crippen molar-refractivity contribution in [3.63, 3.8) is 0 Å². The summed E-state index contributed by atoms with van der Waals surface area (Å²) in [6, 6.07) is 31.3. The number of ether oxygens (including phenoxy) is 1. The fourth-order valence-electron chi connectivity index (χ4n) is 5.21. The molecular formula is C34H25ClN6O2. The molecule has 8 nitrogen and oxygen atoms in total. The predicted molar refractivity (Wildman–Crippen MR) is 171 cm³/mol. The molecule has 0 aliphatic carbocycles. The minimum absolute atomic E-state index is 0.163. The molecule has 0 saturated heterocycles. The standard InChI is InChI=1S/C34H25ClN6O2/c1-20-30(25-7-3-5-9-27(25)36-20)33(41-40-23-15-17-24(42-2)18-16-23)39-34-38-29(19-43-34)31-26-8-4-6-10-28(26)37-32(31)21-11-13-22(35)14-12-21/h3-19,36-37H,1-2H3. The number of aromatic amines is 2. The van der Waals surface area contributed by atoms with E-state index in [2.05, 4.69) is 26.3 Å². The molecule has 9 heteroatoms. The normalized spacial score (nSPS) is 12.1. The molecule has 0 aliphatic rings. The highest BCUT2D eigenvalue weighted by molar-refractivity contribution is 6.30. The van der Waals surface area contributed by atoms with E-state index in [1.165, 1.54) is 0 Å². The topological polar surface area (TPSA) is 104 Å². The number of amidine groups is 1. The van der Waals surface area contributed by atoms with Crippen LogP contribution in [0.1, 0.15) is 11.3 Å². The Morgan fingerprint density at radius 1 is 0.837 bits per heavy atom. The van der Waals surface area contributed by atoms with E-state index in [0.717, 1.165) is 55.6 Å². The van der Waals surface area contributed by atoms with E-state index in [-0.39, 0.29) is 6.01 Å². The Labute approximate surface area is 251 Å². The average Bonchev–Trinajstić information content (AvgIpc) is 3.74. The molecule has 2 N–H and O–H groups in total. The summed E-state index contributed by atoms with van der Waals surface area (Å²) in [7, 11) is 1.63. The maximum absolute atomic E-state index is 6.18. The number of aliphatic imine (C=N–C) groups is 1. The number of hydrogen-bond donors (Lipinski definition) is 2. The summed E-state index contributed by atoms with van der Waals surface area (Å²) >= 11 is 6.18. The number of nitrogens with one attached hydrogen (secondary N) is 2. The van der Waals surface area contributed by atoms with Crippen molar-refractivity contribution in [2.45, 2.75) is 6.92 Å². The zero-order chi connectivity index (χ0) is 29.3. The molecule has 0 atom stereocenters. The van der Waals surface area contributed by atoms with Gasteiger partial charge in [-0.3, -0.25) is 0 Å². The second-order valence-electron chi connectivity index (χ2n) is 9.95. The zero-order valence-electron chi connectivity index (χ0n) is 23.3. The van der Waals surface area contributed by atoms with E-state index >= 15 is 0 Å². The van der Waals surface area contributed by atoms with E-state index in [1.54, 1.807) is 13.4 Å². The molecule has 4 aromatic carbocycles. The Hall–Kier alpha value is -5.47. The minimum atomic E-state index is 0.163. The largest absolute Gasteiger partial charge is 0.497 e. The van der Waals surface area contributed by atoms with Crippen LogP contribution in [0.4, 0.5) is 11.7 Å². The Kier molecular flexibility index (Phi) is 6.81. The zero-order valence-corrected chi connectivity index (χ0v) is 24.1. The number of fused-ring (bicyclic) bond motifs is 2. The van der Waals surface area contributed by atoms with Crippen LogP contribution in [0.2, 0.25) is 5.02 Å². The molecule has 43 heavy (non-hydrogen) atoms. The first-order valence-corrected chi connectivity index (χ1v) is 14.0. The lowest BCUT2D eigenvalue weighted by atomic mass is 10.0. The molecule has 0 unspecified atom stereocenters. The maximum atomic E-state index is 6.18. The molecule has 0 amide bonds. The molecule has 0 saturated carbocycles. The second-order valence-corrected chi connectivity index (χ2v) is 10.4. The third kappa shape index (κ3) is 5.09. The van der Waals surface area contributed by atoms with Gasteiger partial charge in [-0.2, -0.15) is 9.98 Å². The van der Waals surface area contributed by atoms with Crippen molar-refractivity contribution in [2.75, 3.05) is 7.11 Å². The van der Waals surface area contributed by atoms with Crippen LogP contribution in [0.3, 0.4) is 0 Å². The third-order valence-electron chi connectivity index (χ3n) is 7.24. The van der Waals surface area contributed by atoms with E-state index in [4.69, 9.17) is 30.7 Å². The van der Waals surface area contributed by atoms with Gasteiger partial charge in [-0.25, -0.2) is 0 Å². The molecule has 0 bridgehead atoms. The van der Waals surface area contributed by atoms with E-state index in [1.807, 2.05) is 97.9 Å². The Bertz CT molecular complexity index is 2140. The fourth-order valence-corrected chi connectivity index (χ4v) is 5.34. The van der Waals surface area contributed by atoms with Crippen LogP contribution in [-0.4, -0.2) is 27.9 Å². The molecule has 7 aromatic rings. The number of aryl methyl sites for hydroxylation is 1. The van der Waals surface area contributed by atoms with E-state index in [0.29, 0.717) is 22.2 Å². The van der Waals surface area contributed by atoms with Gasteiger partial charge < -0.3 is 19.1 Å². The first-order valence-electron chi connectivity index (χ1n) is 13.6. The summed E-state index contributed by atoms with van der Waals surface area (Å²) in [4.78, 5) is 16.6. The monoisotopic (exact) mass is 584 g/mol. The molecule has 0 fully saturated rings. The van der Waals surface area contributed by atoms with Gasteiger partial charge in [0.15, 0.2) is 5.84 Å². The molecule has 0 aliphatic heterocycles. The number of nitrogens with zero attached hydrogens (tertiary/aromatic N) is 4. The lowest BCUT2D eigenvalue weighted by molar-refractivity contribution is 0.415. The Morgan fingerprint density at radius 2 is 1.53 bits per heavy atom. The molecule has 0 radical (unpaired) electrons. The van der Waals surface area contributed by atoms with E-state index in [9.17, 15) is 0 Å². The Balaban J connectivity index is 1.35. The molecule has 0 spiro atoms. The number of benzene rings is 4. The van der Waals surface area contributed by atoms with Gasteiger partial charge in [0, 0.05) is 43.6 Å². The second kappa shape index (κ2) is 11.1. The number of aromatic nitrogens is 3. The quantitative estimate of drug-likeness (QED) is 0.115. The molecular weight excluding hydrogens is 560 g/mol. The number of halogens is 1.